The first-order chi connectivity index (χ1) is 23.7. The van der Waals surface area contributed by atoms with E-state index in [0.717, 1.165) is 0 Å². The average Bonchev–Trinajstić information content (AvgIpc) is 3.03. The molecule has 51 heavy (non-hydrogen) atoms. The van der Waals surface area contributed by atoms with Crippen molar-refractivity contribution in [2.45, 2.75) is 101 Å². The number of hydrogen-bond donors (Lipinski definition) is 13. The number of carbonyl (C=O) groups is 8. The van der Waals surface area contributed by atoms with Crippen molar-refractivity contribution in [1.82, 2.24) is 26.6 Å². The molecular formula is C28H50N12O11. The Morgan fingerprint density at radius 3 is 1.37 bits per heavy atom. The first kappa shape index (κ1) is 45.3. The second-order valence-corrected chi connectivity index (χ2v) is 11.4. The molecule has 0 aromatic rings. The number of rotatable bonds is 25. The van der Waals surface area contributed by atoms with Crippen molar-refractivity contribution in [2.24, 2.45) is 38.7 Å². The molecule has 0 saturated carbocycles. The smallest absolute Gasteiger partial charge is 0.326 e. The quantitative estimate of drug-likeness (QED) is 0.0237. The summed E-state index contributed by atoms with van der Waals surface area (Å²) in [4.78, 5) is 106. The zero-order valence-electron chi connectivity index (χ0n) is 28.4. The molecule has 0 aromatic carbocycles. The first-order valence-corrected chi connectivity index (χ1v) is 15.8. The van der Waals surface area contributed by atoms with Crippen LogP contribution in [0.5, 0.6) is 0 Å². The summed E-state index contributed by atoms with van der Waals surface area (Å²) in [6.07, 6.45) is -1.31. The lowest BCUT2D eigenvalue weighted by Crippen LogP contribution is -2.58. The summed E-state index contributed by atoms with van der Waals surface area (Å²) in [5.41, 5.74) is 26.8. The monoisotopic (exact) mass is 730 g/mol. The molecule has 0 heterocycles. The number of aliphatic imine (C=N–C) groups is 2. The molecule has 288 valence electrons. The largest absolute Gasteiger partial charge is 0.481 e. The molecule has 0 aromatic heterocycles. The van der Waals surface area contributed by atoms with Gasteiger partial charge in [0.2, 0.25) is 29.5 Å². The fraction of sp³-hybridized carbons (Fsp3) is 0.643. The summed E-state index contributed by atoms with van der Waals surface area (Å²) in [6.45, 7) is 2.70. The molecular weight excluding hydrogens is 680 g/mol. The van der Waals surface area contributed by atoms with Crippen molar-refractivity contribution >= 4 is 59.4 Å². The second-order valence-electron chi connectivity index (χ2n) is 11.4. The van der Waals surface area contributed by atoms with E-state index >= 15 is 0 Å². The summed E-state index contributed by atoms with van der Waals surface area (Å²) in [5.74, 6) is -8.69. The standard InChI is InChI=1S/C28H50N12O11/c1-13(37-24(48)17(8-10-20(43)44)39-23(47)15(29)7-9-19(41)42)21(45)36-14(2)22(46)38-16(5-3-11-34-27(30)31)25(49)40-18(26(50)51)6-4-12-35-28(32)33/h13-18H,3-12,29H2,1-2H3,(H,36,45)(H,37,48)(H,38,46)(H,39,47)(H,40,49)(H,41,42)(H,43,44)(H,50,51)(H4,30,31,34)(H4,32,33,35)/t13-,14-,15-,16-,17-,18-/m0/s1. The Labute approximate surface area is 293 Å². The summed E-state index contributed by atoms with van der Waals surface area (Å²) >= 11 is 0. The molecule has 0 aliphatic carbocycles. The number of hydrogen-bond acceptors (Lipinski definition) is 11. The summed E-state index contributed by atoms with van der Waals surface area (Å²) in [6, 6.07) is -8.04. The number of carbonyl (C=O) groups excluding carboxylic acids is 5. The number of carboxylic acids is 3. The summed E-state index contributed by atoms with van der Waals surface area (Å²) in [5, 5.41) is 39.1. The summed E-state index contributed by atoms with van der Waals surface area (Å²) < 4.78 is 0. The van der Waals surface area contributed by atoms with E-state index in [4.69, 9.17) is 38.9 Å². The molecule has 0 rings (SSSR count). The van der Waals surface area contributed by atoms with Gasteiger partial charge in [-0.3, -0.25) is 43.5 Å². The SMILES string of the molecule is C[C@H](NC(=O)[C@H](C)NC(=O)[C@H](CCC(=O)O)NC(=O)[C@@H](N)CCC(=O)O)C(=O)N[C@@H](CCCN=C(N)N)C(=O)N[C@@H](CCCN=C(N)N)C(=O)O. The number of nitrogens with one attached hydrogen (secondary N) is 5. The third-order valence-electron chi connectivity index (χ3n) is 6.93. The number of amides is 5. The van der Waals surface area contributed by atoms with Crippen LogP contribution >= 0.6 is 0 Å². The lowest BCUT2D eigenvalue weighted by Gasteiger charge is -2.25. The minimum Gasteiger partial charge on any atom is -0.481 e. The Morgan fingerprint density at radius 1 is 0.529 bits per heavy atom. The molecule has 0 aliphatic heterocycles. The normalized spacial score (nSPS) is 14.1. The van der Waals surface area contributed by atoms with Crippen LogP contribution in [-0.2, 0) is 38.4 Å². The number of nitrogens with zero attached hydrogens (tertiary/aromatic N) is 2. The summed E-state index contributed by atoms with van der Waals surface area (Å²) in [7, 11) is 0. The van der Waals surface area contributed by atoms with Crippen LogP contribution in [0.3, 0.4) is 0 Å². The molecule has 5 amide bonds. The van der Waals surface area contributed by atoms with E-state index in [0.29, 0.717) is 0 Å². The van der Waals surface area contributed by atoms with Crippen molar-refractivity contribution in [3.05, 3.63) is 0 Å². The van der Waals surface area contributed by atoms with Crippen molar-refractivity contribution in [3.8, 4) is 0 Å². The Morgan fingerprint density at radius 2 is 0.902 bits per heavy atom. The maximum Gasteiger partial charge on any atom is 0.326 e. The zero-order chi connectivity index (χ0) is 39.3. The second kappa shape index (κ2) is 23.6. The van der Waals surface area contributed by atoms with Gasteiger partial charge >= 0.3 is 17.9 Å². The predicted octanol–water partition coefficient (Wildman–Crippen LogP) is -5.30. The van der Waals surface area contributed by atoms with Gasteiger partial charge in [-0.15, -0.1) is 0 Å². The molecule has 0 fully saturated rings. The lowest BCUT2D eigenvalue weighted by molar-refractivity contribution is -0.142. The fourth-order valence-corrected chi connectivity index (χ4v) is 4.11. The third kappa shape index (κ3) is 20.4. The average molecular weight is 731 g/mol. The van der Waals surface area contributed by atoms with Crippen LogP contribution in [0, 0.1) is 0 Å². The van der Waals surface area contributed by atoms with E-state index in [1.54, 1.807) is 0 Å². The molecule has 0 unspecified atom stereocenters. The van der Waals surface area contributed by atoms with Gasteiger partial charge in [0.25, 0.3) is 0 Å². The van der Waals surface area contributed by atoms with E-state index in [1.807, 2.05) is 0 Å². The molecule has 0 spiro atoms. The maximum atomic E-state index is 13.1. The van der Waals surface area contributed by atoms with E-state index in [9.17, 15) is 43.5 Å². The van der Waals surface area contributed by atoms with E-state index in [-0.39, 0.29) is 57.1 Å². The highest BCUT2D eigenvalue weighted by atomic mass is 16.4. The van der Waals surface area contributed by atoms with Gasteiger partial charge in [0.05, 0.1) is 6.04 Å². The van der Waals surface area contributed by atoms with Crippen molar-refractivity contribution in [1.29, 1.82) is 0 Å². The molecule has 0 bridgehead atoms. The van der Waals surface area contributed by atoms with Crippen LogP contribution in [0.1, 0.15) is 65.2 Å². The highest BCUT2D eigenvalue weighted by Gasteiger charge is 2.30. The molecule has 6 atom stereocenters. The Hall–Kier alpha value is -5.74. The Kier molecular flexibility index (Phi) is 20.9. The van der Waals surface area contributed by atoms with Crippen LogP contribution < -0.4 is 55.3 Å². The van der Waals surface area contributed by atoms with Gasteiger partial charge in [0, 0.05) is 25.9 Å². The van der Waals surface area contributed by atoms with Crippen molar-refractivity contribution in [3.63, 3.8) is 0 Å². The van der Waals surface area contributed by atoms with Gasteiger partial charge in [-0.05, 0) is 52.4 Å². The first-order valence-electron chi connectivity index (χ1n) is 15.8. The van der Waals surface area contributed by atoms with Crippen molar-refractivity contribution in [2.75, 3.05) is 13.1 Å². The number of guanidine groups is 2. The molecule has 18 N–H and O–H groups in total. The van der Waals surface area contributed by atoms with Gasteiger partial charge in [-0.25, -0.2) is 4.79 Å². The highest BCUT2D eigenvalue weighted by molar-refractivity contribution is 5.96. The highest BCUT2D eigenvalue weighted by Crippen LogP contribution is 2.05. The topological polar surface area (TPSA) is 412 Å². The Bertz CT molecular complexity index is 1300. The third-order valence-corrected chi connectivity index (χ3v) is 6.93. The molecule has 23 nitrogen and oxygen atoms in total. The minimum absolute atomic E-state index is 0.0365. The minimum atomic E-state index is -1.46. The van der Waals surface area contributed by atoms with Crippen LogP contribution in [-0.4, -0.2) is 124 Å². The number of aliphatic carboxylic acids is 3. The lowest BCUT2D eigenvalue weighted by atomic mass is 10.1. The number of nitrogens with two attached hydrogens (primary N) is 5. The van der Waals surface area contributed by atoms with Gasteiger partial charge in [0.1, 0.15) is 30.2 Å². The van der Waals surface area contributed by atoms with Crippen molar-refractivity contribution < 1.29 is 53.7 Å². The number of carboxylic acid groups (broad SMARTS) is 3. The van der Waals surface area contributed by atoms with Crippen LogP contribution in [0.15, 0.2) is 9.98 Å². The van der Waals surface area contributed by atoms with Crippen LogP contribution in [0.4, 0.5) is 0 Å². The zero-order valence-corrected chi connectivity index (χ0v) is 28.4. The van der Waals surface area contributed by atoms with Gasteiger partial charge in [-0.1, -0.05) is 0 Å². The maximum absolute atomic E-state index is 13.1. The predicted molar refractivity (Wildman–Crippen MR) is 180 cm³/mol. The van der Waals surface area contributed by atoms with Gasteiger partial charge in [-0.2, -0.15) is 0 Å². The van der Waals surface area contributed by atoms with Gasteiger partial charge < -0.3 is 70.6 Å². The van der Waals surface area contributed by atoms with Gasteiger partial charge in [0.15, 0.2) is 11.9 Å². The molecule has 0 aliphatic rings. The van der Waals surface area contributed by atoms with Crippen LogP contribution in [0.25, 0.3) is 0 Å². The molecule has 0 saturated heterocycles. The fourth-order valence-electron chi connectivity index (χ4n) is 4.11. The molecule has 0 radical (unpaired) electrons. The molecule has 23 heteroatoms. The van der Waals surface area contributed by atoms with E-state index < -0.39 is 103 Å². The Balaban J connectivity index is 5.58. The van der Waals surface area contributed by atoms with Crippen LogP contribution in [0.2, 0.25) is 0 Å². The van der Waals surface area contributed by atoms with E-state index in [1.165, 1.54) is 13.8 Å². The van der Waals surface area contributed by atoms with E-state index in [2.05, 4.69) is 36.6 Å².